The molecule has 0 radical (unpaired) electrons. The zero-order valence-corrected chi connectivity index (χ0v) is 14.6. The minimum Gasteiger partial charge on any atom is -0.497 e. The highest BCUT2D eigenvalue weighted by Crippen LogP contribution is 2.25. The number of nitro benzene ring substituents is 1. The largest absolute Gasteiger partial charge is 0.497 e. The second-order valence-corrected chi connectivity index (χ2v) is 5.12. The first-order valence-electron chi connectivity index (χ1n) is 7.63. The molecule has 0 spiro atoms. The van der Waals surface area contributed by atoms with Gasteiger partial charge < -0.3 is 14.2 Å². The zero-order valence-electron chi connectivity index (χ0n) is 14.6. The van der Waals surface area contributed by atoms with Crippen molar-refractivity contribution in [2.75, 3.05) is 20.8 Å². The van der Waals surface area contributed by atoms with Crippen molar-refractivity contribution >= 4 is 17.5 Å². The number of nitrogens with zero attached hydrogens (tertiary/aromatic N) is 1. The van der Waals surface area contributed by atoms with Crippen molar-refractivity contribution < 1.29 is 28.7 Å². The number of para-hydroxylation sites is 2. The van der Waals surface area contributed by atoms with Crippen LogP contribution in [0.25, 0.3) is 0 Å². The number of hydrogen-bond donors (Lipinski definition) is 2. The Labute approximate surface area is 154 Å². The van der Waals surface area contributed by atoms with Gasteiger partial charge in [-0.2, -0.15) is 0 Å². The van der Waals surface area contributed by atoms with Gasteiger partial charge >= 0.3 is 5.69 Å². The van der Waals surface area contributed by atoms with Gasteiger partial charge in [-0.05, 0) is 18.2 Å². The Balaban J connectivity index is 1.92. The van der Waals surface area contributed by atoms with Gasteiger partial charge in [0.25, 0.3) is 11.8 Å². The van der Waals surface area contributed by atoms with Gasteiger partial charge in [0.2, 0.25) is 0 Å². The predicted molar refractivity (Wildman–Crippen MR) is 93.7 cm³/mol. The van der Waals surface area contributed by atoms with E-state index in [-0.39, 0.29) is 17.0 Å². The quantitative estimate of drug-likeness (QED) is 0.553. The Morgan fingerprint density at radius 2 is 1.67 bits per heavy atom. The number of amides is 2. The first kappa shape index (κ1) is 19.5. The standard InChI is InChI=1S/C17H17N3O7/c1-25-12-7-11(8-13(9-12)26-2)17(22)19-18-16(21)10-27-15-6-4-3-5-14(15)20(23)24/h3-9H,10H2,1-2H3,(H,18,21)(H,19,22). The molecule has 10 heteroatoms. The van der Waals surface area contributed by atoms with Crippen molar-refractivity contribution in [3.05, 3.63) is 58.1 Å². The van der Waals surface area contributed by atoms with E-state index in [1.54, 1.807) is 6.07 Å². The van der Waals surface area contributed by atoms with Gasteiger partial charge in [0.05, 0.1) is 19.1 Å². The second-order valence-electron chi connectivity index (χ2n) is 5.12. The maximum Gasteiger partial charge on any atom is 0.310 e. The van der Waals surface area contributed by atoms with Gasteiger partial charge in [0.15, 0.2) is 12.4 Å². The molecule has 0 aliphatic rings. The molecule has 2 aromatic rings. The maximum absolute atomic E-state index is 12.1. The maximum atomic E-state index is 12.1. The van der Waals surface area contributed by atoms with Crippen LogP contribution in [0, 0.1) is 10.1 Å². The van der Waals surface area contributed by atoms with Gasteiger partial charge in [-0.25, -0.2) is 0 Å². The van der Waals surface area contributed by atoms with Crippen LogP contribution in [0.5, 0.6) is 17.2 Å². The van der Waals surface area contributed by atoms with Crippen molar-refractivity contribution in [3.8, 4) is 17.2 Å². The third-order valence-corrected chi connectivity index (χ3v) is 3.35. The van der Waals surface area contributed by atoms with Gasteiger partial charge in [-0.1, -0.05) is 12.1 Å². The number of carbonyl (C=O) groups excluding carboxylic acids is 2. The number of nitro groups is 1. The number of nitrogens with one attached hydrogen (secondary N) is 2. The fourth-order valence-electron chi connectivity index (χ4n) is 2.05. The summed E-state index contributed by atoms with van der Waals surface area (Å²) in [7, 11) is 2.89. The highest BCUT2D eigenvalue weighted by molar-refractivity contribution is 5.96. The monoisotopic (exact) mass is 375 g/mol. The van der Waals surface area contributed by atoms with Crippen molar-refractivity contribution in [1.29, 1.82) is 0 Å². The number of hydrazine groups is 1. The van der Waals surface area contributed by atoms with Crippen LogP contribution in [0.3, 0.4) is 0 Å². The molecule has 2 N–H and O–H groups in total. The number of ether oxygens (including phenoxy) is 3. The minimum absolute atomic E-state index is 0.0542. The first-order valence-corrected chi connectivity index (χ1v) is 7.63. The summed E-state index contributed by atoms with van der Waals surface area (Å²) >= 11 is 0. The normalized spacial score (nSPS) is 9.85. The van der Waals surface area contributed by atoms with Crippen LogP contribution in [0.2, 0.25) is 0 Å². The number of hydrogen-bond acceptors (Lipinski definition) is 7. The molecular formula is C17H17N3O7. The van der Waals surface area contributed by atoms with Crippen LogP contribution in [-0.2, 0) is 4.79 Å². The molecule has 0 atom stereocenters. The fourth-order valence-corrected chi connectivity index (χ4v) is 2.05. The molecule has 10 nitrogen and oxygen atoms in total. The SMILES string of the molecule is COc1cc(OC)cc(C(=O)NNC(=O)COc2ccccc2[N+](=O)[O-])c1. The van der Waals surface area contributed by atoms with Crippen LogP contribution in [0.1, 0.15) is 10.4 Å². The second kappa shape index (κ2) is 9.04. The summed E-state index contributed by atoms with van der Waals surface area (Å²) in [4.78, 5) is 34.2. The number of methoxy groups -OCH3 is 2. The van der Waals surface area contributed by atoms with Gasteiger partial charge in [0, 0.05) is 17.7 Å². The van der Waals surface area contributed by atoms with E-state index in [0.29, 0.717) is 11.5 Å². The molecule has 0 aromatic heterocycles. The summed E-state index contributed by atoms with van der Waals surface area (Å²) in [6, 6.07) is 10.2. The Hall–Kier alpha value is -3.82. The summed E-state index contributed by atoms with van der Waals surface area (Å²) in [5.41, 5.74) is 4.31. The lowest BCUT2D eigenvalue weighted by Gasteiger charge is -2.11. The van der Waals surface area contributed by atoms with E-state index >= 15 is 0 Å². The molecule has 2 rings (SSSR count). The Kier molecular flexibility index (Phi) is 6.53. The molecule has 0 fully saturated rings. The topological polar surface area (TPSA) is 129 Å². The highest BCUT2D eigenvalue weighted by Gasteiger charge is 2.15. The van der Waals surface area contributed by atoms with Crippen molar-refractivity contribution in [2.24, 2.45) is 0 Å². The molecule has 0 aliphatic carbocycles. The first-order chi connectivity index (χ1) is 12.9. The van der Waals surface area contributed by atoms with E-state index < -0.39 is 23.3 Å². The lowest BCUT2D eigenvalue weighted by molar-refractivity contribution is -0.385. The average Bonchev–Trinajstić information content (AvgIpc) is 2.69. The van der Waals surface area contributed by atoms with E-state index in [4.69, 9.17) is 14.2 Å². The third kappa shape index (κ3) is 5.33. The van der Waals surface area contributed by atoms with Gasteiger partial charge in [-0.15, -0.1) is 0 Å². The molecule has 27 heavy (non-hydrogen) atoms. The molecular weight excluding hydrogens is 358 g/mol. The average molecular weight is 375 g/mol. The lowest BCUT2D eigenvalue weighted by atomic mass is 10.2. The highest BCUT2D eigenvalue weighted by atomic mass is 16.6. The molecule has 0 saturated carbocycles. The summed E-state index contributed by atoms with van der Waals surface area (Å²) in [5, 5.41) is 10.9. The van der Waals surface area contributed by atoms with E-state index in [1.807, 2.05) is 0 Å². The summed E-state index contributed by atoms with van der Waals surface area (Å²) < 4.78 is 15.3. The lowest BCUT2D eigenvalue weighted by Crippen LogP contribution is -2.43. The van der Waals surface area contributed by atoms with Crippen molar-refractivity contribution in [2.45, 2.75) is 0 Å². The third-order valence-electron chi connectivity index (χ3n) is 3.35. The summed E-state index contributed by atoms with van der Waals surface area (Å²) in [5.74, 6) is -0.541. The van der Waals surface area contributed by atoms with Crippen LogP contribution in [0.4, 0.5) is 5.69 Å². The molecule has 0 saturated heterocycles. The Morgan fingerprint density at radius 1 is 1.04 bits per heavy atom. The van der Waals surface area contributed by atoms with Crippen LogP contribution < -0.4 is 25.1 Å². The molecule has 0 bridgehead atoms. The number of carbonyl (C=O) groups is 2. The number of benzene rings is 2. The summed E-state index contributed by atoms with van der Waals surface area (Å²) in [6.45, 7) is -0.521. The summed E-state index contributed by atoms with van der Waals surface area (Å²) in [6.07, 6.45) is 0. The van der Waals surface area contributed by atoms with E-state index in [2.05, 4.69) is 10.9 Å². The smallest absolute Gasteiger partial charge is 0.310 e. The van der Waals surface area contributed by atoms with E-state index in [1.165, 1.54) is 50.6 Å². The molecule has 2 aromatic carbocycles. The predicted octanol–water partition coefficient (Wildman–Crippen LogP) is 1.45. The van der Waals surface area contributed by atoms with Crippen LogP contribution in [0.15, 0.2) is 42.5 Å². The Bertz CT molecular complexity index is 832. The van der Waals surface area contributed by atoms with E-state index in [9.17, 15) is 19.7 Å². The number of rotatable bonds is 7. The van der Waals surface area contributed by atoms with Gasteiger partial charge in [0.1, 0.15) is 11.5 Å². The Morgan fingerprint density at radius 3 is 2.26 bits per heavy atom. The molecule has 2 amide bonds. The van der Waals surface area contributed by atoms with Crippen molar-refractivity contribution in [3.63, 3.8) is 0 Å². The minimum atomic E-state index is -0.698. The fraction of sp³-hybridized carbons (Fsp3) is 0.176. The van der Waals surface area contributed by atoms with Crippen molar-refractivity contribution in [1.82, 2.24) is 10.9 Å². The molecule has 0 aliphatic heterocycles. The molecule has 0 unspecified atom stereocenters. The van der Waals surface area contributed by atoms with Crippen LogP contribution >= 0.6 is 0 Å². The zero-order chi connectivity index (χ0) is 19.8. The molecule has 0 heterocycles. The van der Waals surface area contributed by atoms with Crippen LogP contribution in [-0.4, -0.2) is 37.6 Å². The van der Waals surface area contributed by atoms with E-state index in [0.717, 1.165) is 0 Å². The van der Waals surface area contributed by atoms with Gasteiger partial charge in [-0.3, -0.25) is 30.6 Å². The molecule has 142 valence electrons.